The summed E-state index contributed by atoms with van der Waals surface area (Å²) in [7, 11) is 0. The molecule has 1 aromatic rings. The van der Waals surface area contributed by atoms with Crippen LogP contribution in [0.1, 0.15) is 20.8 Å². The minimum absolute atomic E-state index is 0.408. The Labute approximate surface area is 111 Å². The number of hydroxylamine groups is 1. The summed E-state index contributed by atoms with van der Waals surface area (Å²) in [5.41, 5.74) is 0.0342. The first-order chi connectivity index (χ1) is 8.81. The van der Waals surface area contributed by atoms with Crippen LogP contribution in [-0.2, 0) is 14.4 Å². The van der Waals surface area contributed by atoms with E-state index in [4.69, 9.17) is 14.7 Å². The Morgan fingerprint density at radius 3 is 2.32 bits per heavy atom. The lowest BCUT2D eigenvalue weighted by Crippen LogP contribution is -2.32. The highest BCUT2D eigenvalue weighted by molar-refractivity contribution is 5.72. The molecule has 0 bridgehead atoms. The third-order valence-electron chi connectivity index (χ3n) is 1.92. The molecule has 0 saturated heterocycles. The van der Waals surface area contributed by atoms with E-state index < -0.39 is 18.2 Å². The maximum Gasteiger partial charge on any atom is 0.341 e. The molecule has 0 saturated carbocycles. The Hall–Kier alpha value is -2.08. The van der Waals surface area contributed by atoms with Gasteiger partial charge in [0.1, 0.15) is 5.75 Å². The van der Waals surface area contributed by atoms with Crippen molar-refractivity contribution in [2.45, 2.75) is 26.4 Å². The monoisotopic (exact) mass is 267 g/mol. The van der Waals surface area contributed by atoms with Gasteiger partial charge in [-0.05, 0) is 45.0 Å². The molecule has 0 atom stereocenters. The summed E-state index contributed by atoms with van der Waals surface area (Å²) in [5.74, 6) is -0.637. The number of benzene rings is 1. The standard InChI is InChI=1S/C13H17NO5/c1-13(2,3)19-14(9-15)10-4-6-11(7-5-10)18-8-12(16)17/h4-7,9H,8H2,1-3H3,(H,16,17). The molecule has 0 unspecified atom stereocenters. The predicted molar refractivity (Wildman–Crippen MR) is 69.0 cm³/mol. The predicted octanol–water partition coefficient (Wildman–Crippen LogP) is 1.84. The molecule has 0 aliphatic heterocycles. The first-order valence-electron chi connectivity index (χ1n) is 5.70. The molecule has 19 heavy (non-hydrogen) atoms. The maximum absolute atomic E-state index is 11.0. The summed E-state index contributed by atoms with van der Waals surface area (Å²) < 4.78 is 4.99. The number of aliphatic carboxylic acids is 1. The molecule has 0 spiro atoms. The first kappa shape index (κ1) is 15.0. The lowest BCUT2D eigenvalue weighted by atomic mass is 10.2. The molecule has 0 aromatic heterocycles. The van der Waals surface area contributed by atoms with E-state index in [-0.39, 0.29) is 0 Å². The second kappa shape index (κ2) is 6.19. The number of carbonyl (C=O) groups excluding carboxylic acids is 1. The van der Waals surface area contributed by atoms with Crippen LogP contribution in [0.15, 0.2) is 24.3 Å². The highest BCUT2D eigenvalue weighted by Crippen LogP contribution is 2.21. The molecule has 0 aliphatic carbocycles. The second-order valence-corrected chi connectivity index (χ2v) is 4.81. The van der Waals surface area contributed by atoms with Gasteiger partial charge in [0.2, 0.25) is 6.41 Å². The van der Waals surface area contributed by atoms with Gasteiger partial charge in [0, 0.05) is 0 Å². The summed E-state index contributed by atoms with van der Waals surface area (Å²) in [6.07, 6.45) is 0.568. The number of nitrogens with zero attached hydrogens (tertiary/aromatic N) is 1. The molecule has 1 N–H and O–H groups in total. The molecule has 6 nitrogen and oxygen atoms in total. The van der Waals surface area contributed by atoms with E-state index in [0.29, 0.717) is 17.8 Å². The van der Waals surface area contributed by atoms with Crippen molar-refractivity contribution in [3.05, 3.63) is 24.3 Å². The van der Waals surface area contributed by atoms with Gasteiger partial charge in [-0.3, -0.25) is 9.63 Å². The molecule has 1 aromatic carbocycles. The van der Waals surface area contributed by atoms with E-state index in [1.165, 1.54) is 0 Å². The van der Waals surface area contributed by atoms with Crippen LogP contribution < -0.4 is 9.80 Å². The van der Waals surface area contributed by atoms with Gasteiger partial charge in [0.05, 0.1) is 11.3 Å². The zero-order valence-electron chi connectivity index (χ0n) is 11.1. The summed E-state index contributed by atoms with van der Waals surface area (Å²) in [4.78, 5) is 26.8. The molecule has 0 heterocycles. The molecule has 0 radical (unpaired) electrons. The van der Waals surface area contributed by atoms with Crippen LogP contribution in [-0.4, -0.2) is 29.7 Å². The zero-order valence-corrected chi connectivity index (χ0v) is 11.1. The normalized spacial score (nSPS) is 10.9. The molecule has 0 fully saturated rings. The van der Waals surface area contributed by atoms with Crippen molar-refractivity contribution in [1.29, 1.82) is 0 Å². The molecule has 104 valence electrons. The summed E-state index contributed by atoms with van der Waals surface area (Å²) in [6.45, 7) is 5.07. The van der Waals surface area contributed by atoms with Crippen LogP contribution >= 0.6 is 0 Å². The van der Waals surface area contributed by atoms with Crippen molar-refractivity contribution in [1.82, 2.24) is 0 Å². The quantitative estimate of drug-likeness (QED) is 0.628. The van der Waals surface area contributed by atoms with Gasteiger partial charge in [-0.25, -0.2) is 4.79 Å². The van der Waals surface area contributed by atoms with E-state index >= 15 is 0 Å². The van der Waals surface area contributed by atoms with Crippen LogP contribution in [0.3, 0.4) is 0 Å². The second-order valence-electron chi connectivity index (χ2n) is 4.81. The largest absolute Gasteiger partial charge is 0.482 e. The third-order valence-corrected chi connectivity index (χ3v) is 1.92. The van der Waals surface area contributed by atoms with E-state index in [1.54, 1.807) is 24.3 Å². The number of anilines is 1. The minimum Gasteiger partial charge on any atom is -0.482 e. The molecule has 6 heteroatoms. The fourth-order valence-electron chi connectivity index (χ4n) is 1.26. The summed E-state index contributed by atoms with van der Waals surface area (Å²) >= 11 is 0. The SMILES string of the molecule is CC(C)(C)ON(C=O)c1ccc(OCC(=O)O)cc1. The van der Waals surface area contributed by atoms with Crippen molar-refractivity contribution >= 4 is 18.1 Å². The van der Waals surface area contributed by atoms with Crippen LogP contribution in [0.5, 0.6) is 5.75 Å². The van der Waals surface area contributed by atoms with Crippen molar-refractivity contribution in [2.75, 3.05) is 11.7 Å². The fourth-order valence-corrected chi connectivity index (χ4v) is 1.26. The number of rotatable bonds is 6. The number of carboxylic acid groups (broad SMARTS) is 1. The molecule has 1 amide bonds. The number of amides is 1. The Morgan fingerprint density at radius 1 is 1.32 bits per heavy atom. The zero-order chi connectivity index (χ0) is 14.5. The number of carboxylic acids is 1. The smallest absolute Gasteiger partial charge is 0.341 e. The fraction of sp³-hybridized carbons (Fsp3) is 0.385. The minimum atomic E-state index is -1.05. The maximum atomic E-state index is 11.0. The molecular formula is C13H17NO5. The Kier molecular flexibility index (Phi) is 4.88. The van der Waals surface area contributed by atoms with Crippen LogP contribution in [0.2, 0.25) is 0 Å². The van der Waals surface area contributed by atoms with Gasteiger partial charge < -0.3 is 9.84 Å². The van der Waals surface area contributed by atoms with Crippen molar-refractivity contribution in [2.24, 2.45) is 0 Å². The van der Waals surface area contributed by atoms with E-state index in [9.17, 15) is 9.59 Å². The van der Waals surface area contributed by atoms with Gasteiger partial charge in [0.15, 0.2) is 6.61 Å². The van der Waals surface area contributed by atoms with E-state index in [0.717, 1.165) is 5.06 Å². The summed E-state index contributed by atoms with van der Waals surface area (Å²) in [5, 5.41) is 9.60. The highest BCUT2D eigenvalue weighted by atomic mass is 16.7. The molecule has 0 aliphatic rings. The number of ether oxygens (including phenoxy) is 1. The number of carbonyl (C=O) groups is 2. The van der Waals surface area contributed by atoms with Crippen LogP contribution in [0, 0.1) is 0 Å². The van der Waals surface area contributed by atoms with Gasteiger partial charge in [-0.2, -0.15) is 5.06 Å². The van der Waals surface area contributed by atoms with Gasteiger partial charge >= 0.3 is 5.97 Å². The van der Waals surface area contributed by atoms with Gasteiger partial charge in [-0.1, -0.05) is 0 Å². The van der Waals surface area contributed by atoms with Gasteiger partial charge in [-0.15, -0.1) is 0 Å². The lowest BCUT2D eigenvalue weighted by Gasteiger charge is -2.26. The van der Waals surface area contributed by atoms with Gasteiger partial charge in [0.25, 0.3) is 0 Å². The Bertz CT molecular complexity index is 435. The number of hydrogen-bond acceptors (Lipinski definition) is 4. The highest BCUT2D eigenvalue weighted by Gasteiger charge is 2.17. The van der Waals surface area contributed by atoms with Crippen LogP contribution in [0.25, 0.3) is 0 Å². The Morgan fingerprint density at radius 2 is 1.89 bits per heavy atom. The lowest BCUT2D eigenvalue weighted by molar-refractivity contribution is -0.139. The van der Waals surface area contributed by atoms with E-state index in [1.807, 2.05) is 20.8 Å². The average molecular weight is 267 g/mol. The molecular weight excluding hydrogens is 250 g/mol. The third kappa shape index (κ3) is 5.39. The van der Waals surface area contributed by atoms with Crippen molar-refractivity contribution in [3.63, 3.8) is 0 Å². The molecule has 1 rings (SSSR count). The van der Waals surface area contributed by atoms with E-state index in [2.05, 4.69) is 0 Å². The van der Waals surface area contributed by atoms with Crippen molar-refractivity contribution < 1.29 is 24.3 Å². The Balaban J connectivity index is 2.73. The van der Waals surface area contributed by atoms with Crippen molar-refractivity contribution in [3.8, 4) is 5.75 Å². The topological polar surface area (TPSA) is 76.1 Å². The average Bonchev–Trinajstić information content (AvgIpc) is 2.33. The first-order valence-corrected chi connectivity index (χ1v) is 5.70. The number of hydrogen-bond donors (Lipinski definition) is 1. The summed E-state index contributed by atoms with van der Waals surface area (Å²) in [6, 6.07) is 6.36. The van der Waals surface area contributed by atoms with Crippen LogP contribution in [0.4, 0.5) is 5.69 Å².